The molecule has 0 saturated heterocycles. The van der Waals surface area contributed by atoms with Crippen LogP contribution in [0.25, 0.3) is 50.4 Å². The molecule has 1 aromatic heterocycles. The first-order valence-electron chi connectivity index (χ1n) is 19.0. The molecule has 7 aromatic rings. The lowest BCUT2D eigenvalue weighted by Gasteiger charge is -2.32. The lowest BCUT2D eigenvalue weighted by Crippen LogP contribution is -2.23. The minimum absolute atomic E-state index is 0.180. The minimum atomic E-state index is -1.22. The third kappa shape index (κ3) is 5.78. The SMILES string of the molecule is CCC1(CC)c2cc(-c3ccc(/C=C(\C#N)C(=O)O)s3)ccc2-c2ccc(N(c3ccccc3)c3ccc(C=C4c5ccccc5-c5ccccc54)cc3)cc21. The van der Waals surface area contributed by atoms with E-state index in [9.17, 15) is 15.2 Å². The van der Waals surface area contributed by atoms with Crippen LogP contribution in [0.4, 0.5) is 17.1 Å². The summed E-state index contributed by atoms with van der Waals surface area (Å²) < 4.78 is 0. The average Bonchev–Trinajstić information content (AvgIpc) is 3.92. The molecular weight excluding hydrogens is 705 g/mol. The van der Waals surface area contributed by atoms with Crippen molar-refractivity contribution in [1.82, 2.24) is 0 Å². The zero-order chi connectivity index (χ0) is 38.4. The predicted molar refractivity (Wildman–Crippen MR) is 231 cm³/mol. The second kappa shape index (κ2) is 14.2. The Morgan fingerprint density at radius 2 is 1.23 bits per heavy atom. The summed E-state index contributed by atoms with van der Waals surface area (Å²) in [5.41, 5.74) is 16.6. The highest BCUT2D eigenvalue weighted by atomic mass is 32.1. The number of nitriles is 1. The quantitative estimate of drug-likeness (QED) is 0.118. The van der Waals surface area contributed by atoms with E-state index in [1.165, 1.54) is 67.5 Å². The molecule has 2 aliphatic carbocycles. The molecule has 0 aliphatic heterocycles. The number of fused-ring (bicyclic) bond motifs is 6. The van der Waals surface area contributed by atoms with E-state index in [-0.39, 0.29) is 11.0 Å². The number of hydrogen-bond donors (Lipinski definition) is 1. The molecule has 0 radical (unpaired) electrons. The van der Waals surface area contributed by atoms with Crippen LogP contribution in [0.15, 0.2) is 157 Å². The molecule has 270 valence electrons. The number of rotatable bonds is 9. The van der Waals surface area contributed by atoms with E-state index in [0.717, 1.165) is 50.8 Å². The van der Waals surface area contributed by atoms with Crippen LogP contribution in [-0.2, 0) is 10.2 Å². The van der Waals surface area contributed by atoms with Gasteiger partial charge >= 0.3 is 5.97 Å². The largest absolute Gasteiger partial charge is 0.477 e. The number of carbonyl (C=O) groups is 1. The second-order valence-corrected chi connectivity index (χ2v) is 15.5. The van der Waals surface area contributed by atoms with Crippen molar-refractivity contribution in [2.45, 2.75) is 32.1 Å². The molecule has 9 rings (SSSR count). The van der Waals surface area contributed by atoms with E-state index in [4.69, 9.17) is 0 Å². The van der Waals surface area contributed by atoms with E-state index in [2.05, 4.69) is 164 Å². The molecule has 4 nitrogen and oxygen atoms in total. The molecule has 0 bridgehead atoms. The third-order valence-corrected chi connectivity index (χ3v) is 12.6. The van der Waals surface area contributed by atoms with Crippen molar-refractivity contribution in [3.8, 4) is 38.8 Å². The second-order valence-electron chi connectivity index (χ2n) is 14.4. The van der Waals surface area contributed by atoms with E-state index in [0.29, 0.717) is 0 Å². The van der Waals surface area contributed by atoms with Gasteiger partial charge in [-0.05, 0) is 141 Å². The maximum atomic E-state index is 11.5. The number of hydrogen-bond acceptors (Lipinski definition) is 4. The summed E-state index contributed by atoms with van der Waals surface area (Å²) >= 11 is 1.50. The Bertz CT molecular complexity index is 2710. The molecule has 0 atom stereocenters. The van der Waals surface area contributed by atoms with Crippen molar-refractivity contribution in [1.29, 1.82) is 5.26 Å². The molecule has 56 heavy (non-hydrogen) atoms. The van der Waals surface area contributed by atoms with E-state index >= 15 is 0 Å². The van der Waals surface area contributed by atoms with Gasteiger partial charge in [-0.25, -0.2) is 4.79 Å². The predicted octanol–water partition coefficient (Wildman–Crippen LogP) is 13.5. The van der Waals surface area contributed by atoms with Gasteiger partial charge in [-0.15, -0.1) is 11.3 Å². The van der Waals surface area contributed by atoms with Crippen molar-refractivity contribution < 1.29 is 9.90 Å². The summed E-state index contributed by atoms with van der Waals surface area (Å²) in [6.07, 6.45) is 5.65. The van der Waals surface area contributed by atoms with Gasteiger partial charge in [0.05, 0.1) is 0 Å². The fraction of sp³-hybridized carbons (Fsp3) is 0.0980. The summed E-state index contributed by atoms with van der Waals surface area (Å²) in [7, 11) is 0. The molecule has 6 aromatic carbocycles. The Morgan fingerprint density at radius 3 is 1.86 bits per heavy atom. The van der Waals surface area contributed by atoms with Gasteiger partial charge in [0.1, 0.15) is 11.6 Å². The number of anilines is 3. The van der Waals surface area contributed by atoms with Gasteiger partial charge in [-0.1, -0.05) is 111 Å². The molecule has 0 spiro atoms. The molecule has 2 aliphatic rings. The first-order chi connectivity index (χ1) is 27.4. The van der Waals surface area contributed by atoms with Gasteiger partial charge in [0, 0.05) is 32.2 Å². The fourth-order valence-corrected chi connectivity index (χ4v) is 9.72. The molecule has 0 fully saturated rings. The minimum Gasteiger partial charge on any atom is -0.477 e. The normalized spacial score (nSPS) is 13.3. The van der Waals surface area contributed by atoms with E-state index in [1.807, 2.05) is 12.1 Å². The van der Waals surface area contributed by atoms with Crippen molar-refractivity contribution >= 4 is 52.1 Å². The summed E-state index contributed by atoms with van der Waals surface area (Å²) in [5.74, 6) is -1.22. The lowest BCUT2D eigenvalue weighted by atomic mass is 9.73. The number of aliphatic carboxylic acids is 1. The molecule has 0 saturated carbocycles. The zero-order valence-corrected chi connectivity index (χ0v) is 32.0. The van der Waals surface area contributed by atoms with Gasteiger partial charge in [0.25, 0.3) is 0 Å². The van der Waals surface area contributed by atoms with E-state index < -0.39 is 5.97 Å². The van der Waals surface area contributed by atoms with Gasteiger partial charge < -0.3 is 10.0 Å². The zero-order valence-electron chi connectivity index (χ0n) is 31.2. The first-order valence-corrected chi connectivity index (χ1v) is 19.8. The highest BCUT2D eigenvalue weighted by Gasteiger charge is 2.41. The number of benzene rings is 6. The Hall–Kier alpha value is -6.74. The van der Waals surface area contributed by atoms with Crippen LogP contribution < -0.4 is 4.90 Å². The van der Waals surface area contributed by atoms with E-state index in [1.54, 1.807) is 6.07 Å². The molecule has 1 heterocycles. The smallest absolute Gasteiger partial charge is 0.346 e. The van der Waals surface area contributed by atoms with Crippen molar-refractivity contribution in [3.05, 3.63) is 190 Å². The maximum Gasteiger partial charge on any atom is 0.346 e. The van der Waals surface area contributed by atoms with Crippen LogP contribution in [0, 0.1) is 11.3 Å². The number of carboxylic acid groups (broad SMARTS) is 1. The van der Waals surface area contributed by atoms with Crippen LogP contribution in [0.2, 0.25) is 0 Å². The van der Waals surface area contributed by atoms with Crippen LogP contribution in [0.5, 0.6) is 0 Å². The molecular formula is C51H38N2O2S. The Labute approximate surface area is 331 Å². The molecule has 0 amide bonds. The van der Waals surface area contributed by atoms with Crippen molar-refractivity contribution in [2.24, 2.45) is 0 Å². The average molecular weight is 743 g/mol. The summed E-state index contributed by atoms with van der Waals surface area (Å²) in [6, 6.07) is 56.2. The number of thiophene rings is 1. The van der Waals surface area contributed by atoms with Gasteiger partial charge in [0.2, 0.25) is 0 Å². The number of para-hydroxylation sites is 1. The summed E-state index contributed by atoms with van der Waals surface area (Å²) in [4.78, 5) is 15.6. The molecule has 1 N–H and O–H groups in total. The Morgan fingerprint density at radius 1 is 0.661 bits per heavy atom. The van der Waals surface area contributed by atoms with Gasteiger partial charge in [0.15, 0.2) is 0 Å². The maximum absolute atomic E-state index is 11.5. The Kier molecular flexibility index (Phi) is 8.85. The van der Waals surface area contributed by atoms with Gasteiger partial charge in [-0.2, -0.15) is 5.26 Å². The third-order valence-electron chi connectivity index (χ3n) is 11.6. The van der Waals surface area contributed by atoms with Gasteiger partial charge in [-0.3, -0.25) is 0 Å². The standard InChI is InChI=1S/C51H38N2O2S/c1-3-51(4-2)47-30-34(49-27-24-39(56-49)29-35(32-52)50(54)55)20-25-44(47)45-26-23-38(31-48(45)51)53(36-12-6-5-7-13-36)37-21-18-33(19-22-37)28-46-42-16-10-8-14-40(42)41-15-9-11-17-43(41)46/h5-31H,3-4H2,1-2H3,(H,54,55)/b35-29+. The fourth-order valence-electron chi connectivity index (χ4n) is 8.77. The monoisotopic (exact) mass is 742 g/mol. The lowest BCUT2D eigenvalue weighted by molar-refractivity contribution is -0.132. The van der Waals surface area contributed by atoms with Crippen LogP contribution >= 0.6 is 11.3 Å². The van der Waals surface area contributed by atoms with Crippen LogP contribution in [0.3, 0.4) is 0 Å². The topological polar surface area (TPSA) is 64.3 Å². The van der Waals surface area contributed by atoms with Crippen LogP contribution in [0.1, 0.15) is 59.4 Å². The van der Waals surface area contributed by atoms with Crippen molar-refractivity contribution in [2.75, 3.05) is 4.90 Å². The molecule has 5 heteroatoms. The molecule has 0 unspecified atom stereocenters. The highest BCUT2D eigenvalue weighted by Crippen LogP contribution is 2.55. The first kappa shape index (κ1) is 35.0. The van der Waals surface area contributed by atoms with Crippen molar-refractivity contribution in [3.63, 3.8) is 0 Å². The number of carboxylic acids is 1. The highest BCUT2D eigenvalue weighted by molar-refractivity contribution is 7.16. The number of nitrogens with zero attached hydrogens (tertiary/aromatic N) is 2. The Balaban J connectivity index is 1.09. The van der Waals surface area contributed by atoms with Crippen LogP contribution in [-0.4, -0.2) is 11.1 Å². The summed E-state index contributed by atoms with van der Waals surface area (Å²) in [5, 5.41) is 18.6. The summed E-state index contributed by atoms with van der Waals surface area (Å²) in [6.45, 7) is 4.57.